The topological polar surface area (TPSA) is 54.9 Å². The fourth-order valence-corrected chi connectivity index (χ4v) is 2.65. The Labute approximate surface area is 133 Å². The van der Waals surface area contributed by atoms with E-state index in [1.54, 1.807) is 7.11 Å². The predicted molar refractivity (Wildman–Crippen MR) is 89.7 cm³/mol. The number of nitrogens with one attached hydrogen (secondary N) is 2. The van der Waals surface area contributed by atoms with E-state index in [0.717, 1.165) is 37.8 Å². The summed E-state index contributed by atoms with van der Waals surface area (Å²) in [6, 6.07) is 8.49. The van der Waals surface area contributed by atoms with Crippen LogP contribution in [0.1, 0.15) is 31.7 Å². The molecule has 1 aromatic carbocycles. The molecule has 0 bridgehead atoms. The zero-order valence-electron chi connectivity index (χ0n) is 13.8. The molecule has 1 aliphatic rings. The van der Waals surface area contributed by atoms with Crippen molar-refractivity contribution in [2.75, 3.05) is 33.4 Å². The monoisotopic (exact) mass is 305 g/mol. The maximum absolute atomic E-state index is 5.71. The van der Waals surface area contributed by atoms with Gasteiger partial charge in [0, 0.05) is 32.2 Å². The Balaban J connectivity index is 2.01. The number of para-hydroxylation sites is 1. The Morgan fingerprint density at radius 3 is 3.05 bits per heavy atom. The molecule has 2 atom stereocenters. The van der Waals surface area contributed by atoms with Gasteiger partial charge in [0.2, 0.25) is 0 Å². The van der Waals surface area contributed by atoms with Crippen LogP contribution in [0.4, 0.5) is 0 Å². The van der Waals surface area contributed by atoms with E-state index in [9.17, 15) is 0 Å². The van der Waals surface area contributed by atoms with E-state index in [0.29, 0.717) is 12.5 Å². The van der Waals surface area contributed by atoms with Gasteiger partial charge in [-0.1, -0.05) is 18.2 Å². The zero-order chi connectivity index (χ0) is 15.8. The Kier molecular flexibility index (Phi) is 6.52. The van der Waals surface area contributed by atoms with Crippen molar-refractivity contribution in [1.82, 2.24) is 10.6 Å². The molecule has 0 radical (unpaired) electrons. The van der Waals surface area contributed by atoms with Gasteiger partial charge in [0.25, 0.3) is 0 Å². The Morgan fingerprint density at radius 2 is 2.27 bits per heavy atom. The molecule has 1 heterocycles. The van der Waals surface area contributed by atoms with Crippen LogP contribution in [0.3, 0.4) is 0 Å². The minimum absolute atomic E-state index is 0.227. The lowest BCUT2D eigenvalue weighted by Crippen LogP contribution is -2.44. The van der Waals surface area contributed by atoms with Crippen molar-refractivity contribution >= 4 is 5.96 Å². The highest BCUT2D eigenvalue weighted by atomic mass is 16.5. The van der Waals surface area contributed by atoms with E-state index in [4.69, 9.17) is 14.5 Å². The molecule has 0 saturated carbocycles. The van der Waals surface area contributed by atoms with Gasteiger partial charge >= 0.3 is 0 Å². The molecule has 0 aromatic heterocycles. The quantitative estimate of drug-likeness (QED) is 0.624. The maximum atomic E-state index is 5.71. The first-order valence-electron chi connectivity index (χ1n) is 8.00. The van der Waals surface area contributed by atoms with Crippen molar-refractivity contribution in [3.05, 3.63) is 29.8 Å². The Morgan fingerprint density at radius 1 is 1.45 bits per heavy atom. The molecule has 1 aromatic rings. The fourth-order valence-electron chi connectivity index (χ4n) is 2.65. The highest BCUT2D eigenvalue weighted by Crippen LogP contribution is 2.33. The summed E-state index contributed by atoms with van der Waals surface area (Å²) in [6.07, 6.45) is 1.01. The van der Waals surface area contributed by atoms with Gasteiger partial charge in [-0.3, -0.25) is 4.99 Å². The van der Waals surface area contributed by atoms with Crippen molar-refractivity contribution in [3.8, 4) is 5.75 Å². The minimum atomic E-state index is 0.227. The number of hydrogen-bond acceptors (Lipinski definition) is 3. The molecular formula is C17H27N3O2. The highest BCUT2D eigenvalue weighted by molar-refractivity contribution is 5.80. The Hall–Kier alpha value is -1.75. The fraction of sp³-hybridized carbons (Fsp3) is 0.588. The van der Waals surface area contributed by atoms with Crippen LogP contribution in [0.15, 0.2) is 29.3 Å². The average molecular weight is 305 g/mol. The van der Waals surface area contributed by atoms with Crippen LogP contribution in [0.25, 0.3) is 0 Å². The standard InChI is InChI=1S/C17H27N3O2/c1-4-18-17(20-13(2)12-21-3)19-11-14-9-10-22-16-8-6-5-7-15(14)16/h5-8,13-14H,4,9-12H2,1-3H3,(H2,18,19,20). The van der Waals surface area contributed by atoms with Gasteiger partial charge in [-0.05, 0) is 31.9 Å². The summed E-state index contributed by atoms with van der Waals surface area (Å²) in [5, 5.41) is 6.65. The third kappa shape index (κ3) is 4.63. The van der Waals surface area contributed by atoms with Crippen LogP contribution in [0, 0.1) is 0 Å². The summed E-state index contributed by atoms with van der Waals surface area (Å²) in [5.41, 5.74) is 1.26. The second-order valence-electron chi connectivity index (χ2n) is 5.59. The number of ether oxygens (including phenoxy) is 2. The van der Waals surface area contributed by atoms with Crippen LogP contribution in [-0.2, 0) is 4.74 Å². The Bertz CT molecular complexity index is 491. The summed E-state index contributed by atoms with van der Waals surface area (Å²) in [6.45, 7) is 7.18. The summed E-state index contributed by atoms with van der Waals surface area (Å²) in [7, 11) is 1.71. The summed E-state index contributed by atoms with van der Waals surface area (Å²) >= 11 is 0. The number of methoxy groups -OCH3 is 1. The van der Waals surface area contributed by atoms with Crippen LogP contribution in [-0.4, -0.2) is 45.4 Å². The molecular weight excluding hydrogens is 278 g/mol. The molecule has 0 amide bonds. The lowest BCUT2D eigenvalue weighted by Gasteiger charge is -2.25. The predicted octanol–water partition coefficient (Wildman–Crippen LogP) is 2.14. The van der Waals surface area contributed by atoms with Crippen LogP contribution >= 0.6 is 0 Å². The van der Waals surface area contributed by atoms with Crippen LogP contribution < -0.4 is 15.4 Å². The molecule has 1 aliphatic heterocycles. The summed E-state index contributed by atoms with van der Waals surface area (Å²) in [4.78, 5) is 4.74. The molecule has 0 spiro atoms. The number of guanidine groups is 1. The van der Waals surface area contributed by atoms with Crippen molar-refractivity contribution in [1.29, 1.82) is 0 Å². The smallest absolute Gasteiger partial charge is 0.191 e. The number of fused-ring (bicyclic) bond motifs is 1. The number of rotatable bonds is 6. The van der Waals surface area contributed by atoms with Crippen LogP contribution in [0.2, 0.25) is 0 Å². The molecule has 5 nitrogen and oxygen atoms in total. The van der Waals surface area contributed by atoms with Gasteiger partial charge in [-0.25, -0.2) is 0 Å². The number of nitrogens with zero attached hydrogens (tertiary/aromatic N) is 1. The van der Waals surface area contributed by atoms with E-state index in [-0.39, 0.29) is 6.04 Å². The van der Waals surface area contributed by atoms with Gasteiger partial charge in [0.1, 0.15) is 5.75 Å². The normalized spacial score (nSPS) is 19.0. The lowest BCUT2D eigenvalue weighted by atomic mass is 9.93. The van der Waals surface area contributed by atoms with Gasteiger partial charge in [0.05, 0.1) is 13.2 Å². The van der Waals surface area contributed by atoms with E-state index in [1.165, 1.54) is 5.56 Å². The minimum Gasteiger partial charge on any atom is -0.493 e. The molecule has 5 heteroatoms. The first-order valence-corrected chi connectivity index (χ1v) is 8.00. The molecule has 2 N–H and O–H groups in total. The van der Waals surface area contributed by atoms with Crippen molar-refractivity contribution in [3.63, 3.8) is 0 Å². The third-order valence-corrected chi connectivity index (χ3v) is 3.70. The molecule has 122 valence electrons. The van der Waals surface area contributed by atoms with Crippen molar-refractivity contribution in [2.24, 2.45) is 4.99 Å². The van der Waals surface area contributed by atoms with Crippen LogP contribution in [0.5, 0.6) is 5.75 Å². The highest BCUT2D eigenvalue weighted by Gasteiger charge is 2.20. The molecule has 2 unspecified atom stereocenters. The molecule has 2 rings (SSSR count). The second-order valence-corrected chi connectivity index (χ2v) is 5.59. The van der Waals surface area contributed by atoms with Gasteiger partial charge in [0.15, 0.2) is 5.96 Å². The van der Waals surface area contributed by atoms with Crippen molar-refractivity contribution in [2.45, 2.75) is 32.2 Å². The number of benzene rings is 1. The van der Waals surface area contributed by atoms with Gasteiger partial charge < -0.3 is 20.1 Å². The average Bonchev–Trinajstić information content (AvgIpc) is 2.53. The number of hydrogen-bond donors (Lipinski definition) is 2. The van der Waals surface area contributed by atoms with Gasteiger partial charge in [-0.2, -0.15) is 0 Å². The summed E-state index contributed by atoms with van der Waals surface area (Å²) < 4.78 is 10.9. The largest absolute Gasteiger partial charge is 0.493 e. The third-order valence-electron chi connectivity index (χ3n) is 3.70. The number of aliphatic imine (C=N–C) groups is 1. The van der Waals surface area contributed by atoms with E-state index in [1.807, 2.05) is 12.1 Å². The van der Waals surface area contributed by atoms with E-state index >= 15 is 0 Å². The van der Waals surface area contributed by atoms with Gasteiger partial charge in [-0.15, -0.1) is 0 Å². The van der Waals surface area contributed by atoms with E-state index < -0.39 is 0 Å². The first-order chi connectivity index (χ1) is 10.7. The SMILES string of the molecule is CCNC(=NCC1CCOc2ccccc21)NC(C)COC. The lowest BCUT2D eigenvalue weighted by molar-refractivity contribution is 0.179. The maximum Gasteiger partial charge on any atom is 0.191 e. The molecule has 0 saturated heterocycles. The molecule has 22 heavy (non-hydrogen) atoms. The zero-order valence-corrected chi connectivity index (χ0v) is 13.8. The second kappa shape index (κ2) is 8.63. The summed E-state index contributed by atoms with van der Waals surface area (Å²) in [5.74, 6) is 2.26. The molecule has 0 aliphatic carbocycles. The van der Waals surface area contributed by atoms with E-state index in [2.05, 4.69) is 36.6 Å². The van der Waals surface area contributed by atoms with Crippen molar-refractivity contribution < 1.29 is 9.47 Å². The molecule has 0 fully saturated rings. The first kappa shape index (κ1) is 16.6.